The maximum atomic E-state index is 11.3. The Hall–Kier alpha value is -1.88. The molecule has 0 saturated heterocycles. The first-order chi connectivity index (χ1) is 11.0. The van der Waals surface area contributed by atoms with Crippen LogP contribution in [0.3, 0.4) is 0 Å². The van der Waals surface area contributed by atoms with Gasteiger partial charge < -0.3 is 10.2 Å². The van der Waals surface area contributed by atoms with Gasteiger partial charge in [0.15, 0.2) is 0 Å². The highest BCUT2D eigenvalue weighted by Gasteiger charge is 2.34. The first-order valence-electron chi connectivity index (χ1n) is 6.89. The summed E-state index contributed by atoms with van der Waals surface area (Å²) in [5.74, 6) is -1.77. The monoisotopic (exact) mass is 374 g/mol. The highest BCUT2D eigenvalue weighted by Crippen LogP contribution is 2.40. The second kappa shape index (κ2) is 5.31. The van der Waals surface area contributed by atoms with Crippen molar-refractivity contribution in [3.63, 3.8) is 0 Å². The lowest BCUT2D eigenvalue weighted by atomic mass is 9.74. The summed E-state index contributed by atoms with van der Waals surface area (Å²) in [4.78, 5) is -1.20. The zero-order valence-electron chi connectivity index (χ0n) is 12.1. The van der Waals surface area contributed by atoms with Gasteiger partial charge in [0.25, 0.3) is 20.2 Å². The van der Waals surface area contributed by atoms with E-state index in [-0.39, 0.29) is 18.3 Å². The molecule has 0 saturated carbocycles. The van der Waals surface area contributed by atoms with Crippen molar-refractivity contribution >= 4 is 20.2 Å². The molecule has 0 amide bonds. The van der Waals surface area contributed by atoms with E-state index in [4.69, 9.17) is 9.11 Å². The van der Waals surface area contributed by atoms with Crippen molar-refractivity contribution in [2.45, 2.75) is 17.7 Å². The maximum absolute atomic E-state index is 11.3. The first-order valence-corrected chi connectivity index (χ1v) is 9.77. The number of hydrogen-bond acceptors (Lipinski definition) is 6. The van der Waals surface area contributed by atoms with Gasteiger partial charge in [-0.1, -0.05) is 6.08 Å². The molecule has 0 aromatic heterocycles. The first kappa shape index (κ1) is 17.0. The Morgan fingerprint density at radius 3 is 1.92 bits per heavy atom. The Morgan fingerprint density at radius 2 is 1.38 bits per heavy atom. The molecule has 0 unspecified atom stereocenters. The molecule has 8 nitrogen and oxygen atoms in total. The number of rotatable bonds is 2. The number of aliphatic hydroxyl groups excluding tert-OH is 1. The van der Waals surface area contributed by atoms with Crippen LogP contribution in [0, 0.1) is 11.8 Å². The Bertz CT molecular complexity index is 986. The van der Waals surface area contributed by atoms with E-state index in [0.717, 1.165) is 6.07 Å². The van der Waals surface area contributed by atoms with Crippen LogP contribution in [0.15, 0.2) is 39.8 Å². The summed E-state index contributed by atoms with van der Waals surface area (Å²) in [5.41, 5.74) is 1.16. The van der Waals surface area contributed by atoms with Gasteiger partial charge in [0.2, 0.25) is 0 Å². The summed E-state index contributed by atoms with van der Waals surface area (Å²) in [6, 6.07) is 2.39. The summed E-state index contributed by atoms with van der Waals surface area (Å²) in [6.45, 7) is 0. The summed E-state index contributed by atoms with van der Waals surface area (Å²) < 4.78 is 63.4. The fourth-order valence-corrected chi connectivity index (χ4v) is 4.49. The van der Waals surface area contributed by atoms with Crippen LogP contribution in [0.2, 0.25) is 0 Å². The van der Waals surface area contributed by atoms with Gasteiger partial charge in [-0.25, -0.2) is 0 Å². The van der Waals surface area contributed by atoms with Gasteiger partial charge >= 0.3 is 0 Å². The van der Waals surface area contributed by atoms with Crippen molar-refractivity contribution < 1.29 is 36.2 Å². The van der Waals surface area contributed by atoms with Crippen LogP contribution in [0.25, 0.3) is 0 Å². The molecular formula is C14H14O8S2. The minimum Gasteiger partial charge on any atom is -0.507 e. The molecule has 2 aliphatic carbocycles. The van der Waals surface area contributed by atoms with Crippen LogP contribution in [0.5, 0.6) is 5.75 Å². The number of allylic oxidation sites excluding steroid dienone is 2. The minimum absolute atomic E-state index is 0.228. The average molecular weight is 374 g/mol. The molecular weight excluding hydrogens is 360 g/mol. The van der Waals surface area contributed by atoms with Crippen molar-refractivity contribution in [2.24, 2.45) is 11.8 Å². The summed E-state index contributed by atoms with van der Waals surface area (Å²) in [7, 11) is -9.17. The predicted molar refractivity (Wildman–Crippen MR) is 82.7 cm³/mol. The quantitative estimate of drug-likeness (QED) is 0.564. The van der Waals surface area contributed by atoms with Crippen molar-refractivity contribution in [3.05, 3.63) is 46.1 Å². The Kier molecular flexibility index (Phi) is 3.75. The molecule has 0 heterocycles. The normalized spacial score (nSPS) is 23.8. The van der Waals surface area contributed by atoms with Gasteiger partial charge in [0, 0.05) is 0 Å². The van der Waals surface area contributed by atoms with E-state index < -0.39 is 41.5 Å². The molecule has 24 heavy (non-hydrogen) atoms. The highest BCUT2D eigenvalue weighted by molar-refractivity contribution is 7.90. The number of aliphatic hydroxyl groups is 1. The molecule has 10 heteroatoms. The van der Waals surface area contributed by atoms with Crippen molar-refractivity contribution in [1.29, 1.82) is 0 Å². The molecule has 0 radical (unpaired) electrons. The van der Waals surface area contributed by atoms with Gasteiger partial charge in [-0.15, -0.1) is 0 Å². The molecule has 0 bridgehead atoms. The van der Waals surface area contributed by atoms with Gasteiger partial charge in [-0.2, -0.15) is 16.8 Å². The number of fused-ring (bicyclic) bond motifs is 2. The summed E-state index contributed by atoms with van der Waals surface area (Å²) in [6.07, 6.45) is 3.12. The second-order valence-electron chi connectivity index (χ2n) is 5.86. The largest absolute Gasteiger partial charge is 0.507 e. The number of benzene rings is 1. The molecule has 3 rings (SSSR count). The van der Waals surface area contributed by atoms with E-state index in [0.29, 0.717) is 17.5 Å². The lowest BCUT2D eigenvalue weighted by molar-refractivity contribution is 0.369. The van der Waals surface area contributed by atoms with Crippen LogP contribution >= 0.6 is 0 Å². The van der Waals surface area contributed by atoms with Crippen molar-refractivity contribution in [3.8, 4) is 5.75 Å². The van der Waals surface area contributed by atoms with Gasteiger partial charge in [0.05, 0.1) is 0 Å². The molecule has 0 aliphatic heterocycles. The Morgan fingerprint density at radius 1 is 0.833 bits per heavy atom. The lowest BCUT2D eigenvalue weighted by Crippen LogP contribution is -2.27. The second-order valence-corrected chi connectivity index (χ2v) is 8.64. The highest BCUT2D eigenvalue weighted by atomic mass is 32.2. The van der Waals surface area contributed by atoms with E-state index in [1.54, 1.807) is 0 Å². The topological polar surface area (TPSA) is 149 Å². The number of phenols is 1. The molecule has 1 aromatic carbocycles. The van der Waals surface area contributed by atoms with Crippen LogP contribution in [0.4, 0.5) is 0 Å². The lowest BCUT2D eigenvalue weighted by Gasteiger charge is -2.32. The van der Waals surface area contributed by atoms with Crippen molar-refractivity contribution in [1.82, 2.24) is 0 Å². The third-order valence-electron chi connectivity index (χ3n) is 4.29. The molecule has 1 aromatic rings. The predicted octanol–water partition coefficient (Wildman–Crippen LogP) is 1.20. The van der Waals surface area contributed by atoms with E-state index in [2.05, 4.69) is 0 Å². The Balaban J connectivity index is 2.07. The molecule has 2 atom stereocenters. The minimum atomic E-state index is -4.59. The van der Waals surface area contributed by atoms with Crippen LogP contribution < -0.4 is 0 Å². The fourth-order valence-electron chi connectivity index (χ4n) is 3.20. The molecule has 0 fully saturated rings. The standard InChI is InChI=1S/C14H14O8S2/c15-11-3-7-1-8-4-12(16)14(24(20,21)22)6-10(8)2-9(7)5-13(11)23(17,18)19/h3-7,9,15-16H,1-2H2,(H,17,18,19)(H,20,21,22)/t7-,9+/m0/s1. The van der Waals surface area contributed by atoms with Gasteiger partial charge in [0.1, 0.15) is 21.3 Å². The van der Waals surface area contributed by atoms with Crippen molar-refractivity contribution in [2.75, 3.05) is 0 Å². The SMILES string of the molecule is O=S(=O)(O)C1=C[C@H]2Cc3cc(S(=O)(=O)O)c(O)cc3C[C@H]2C=C1O. The number of hydrogen-bond donors (Lipinski definition) is 4. The number of aromatic hydroxyl groups is 1. The third kappa shape index (κ3) is 2.93. The zero-order chi connectivity index (χ0) is 17.9. The summed E-state index contributed by atoms with van der Waals surface area (Å²) in [5, 5.41) is 19.6. The Labute approximate surface area is 138 Å². The molecule has 130 valence electrons. The molecule has 4 N–H and O–H groups in total. The fraction of sp³-hybridized carbons (Fsp3) is 0.286. The van der Waals surface area contributed by atoms with E-state index in [1.807, 2.05) is 0 Å². The molecule has 0 spiro atoms. The van der Waals surface area contributed by atoms with Gasteiger partial charge in [-0.05, 0) is 54.0 Å². The smallest absolute Gasteiger partial charge is 0.298 e. The zero-order valence-corrected chi connectivity index (χ0v) is 13.7. The molecule has 2 aliphatic rings. The van der Waals surface area contributed by atoms with Gasteiger partial charge in [-0.3, -0.25) is 9.11 Å². The van der Waals surface area contributed by atoms with Crippen LogP contribution in [-0.2, 0) is 33.1 Å². The van der Waals surface area contributed by atoms with E-state index in [1.165, 1.54) is 18.2 Å². The van der Waals surface area contributed by atoms with E-state index >= 15 is 0 Å². The maximum Gasteiger partial charge on any atom is 0.298 e. The third-order valence-corrected chi connectivity index (χ3v) is 6.07. The summed E-state index contributed by atoms with van der Waals surface area (Å²) >= 11 is 0. The van der Waals surface area contributed by atoms with Crippen LogP contribution in [0.1, 0.15) is 11.1 Å². The number of phenolic OH excluding ortho intramolecular Hbond substituents is 1. The van der Waals surface area contributed by atoms with E-state index in [9.17, 15) is 27.0 Å². The average Bonchev–Trinajstić information content (AvgIpc) is 2.41. The van der Waals surface area contributed by atoms with Crippen LogP contribution in [-0.4, -0.2) is 36.2 Å².